The van der Waals surface area contributed by atoms with Crippen LogP contribution in [0.25, 0.3) is 22.3 Å². The molecule has 0 radical (unpaired) electrons. The van der Waals surface area contributed by atoms with Crippen LogP contribution in [0.2, 0.25) is 0 Å². The summed E-state index contributed by atoms with van der Waals surface area (Å²) in [6.45, 7) is 3.43. The van der Waals surface area contributed by atoms with Gasteiger partial charge in [-0.25, -0.2) is 8.42 Å². The van der Waals surface area contributed by atoms with Crippen molar-refractivity contribution in [2.75, 3.05) is 25.2 Å². The molecule has 0 aliphatic carbocycles. The molecule has 0 saturated heterocycles. The van der Waals surface area contributed by atoms with Gasteiger partial charge in [-0.15, -0.1) is 6.58 Å². The van der Waals surface area contributed by atoms with Crippen LogP contribution in [0.15, 0.2) is 99.6 Å². The lowest BCUT2D eigenvalue weighted by molar-refractivity contribution is 0.408. The summed E-state index contributed by atoms with van der Waals surface area (Å²) in [5.41, 5.74) is 0.791. The standard InChI is InChI=1S/C19H16O6S.C7H9N/c1-3-9-26(22,23)19-17(21)16-14(20)10-13(24-2)11-15(16)25-18(19)12-7-5-4-6-8-12;1-8-7-5-3-2-4-6-7/h3-8,10-11,20H,1,9H2,2H3;2-6,8H,1H3. The number of sulfone groups is 1. The quantitative estimate of drug-likeness (QED) is 0.380. The second kappa shape index (κ2) is 10.7. The number of ether oxygens (including phenoxy) is 1. The van der Waals surface area contributed by atoms with Crippen molar-refractivity contribution < 1.29 is 22.7 Å². The molecule has 0 aliphatic rings. The number of anilines is 1. The number of rotatable bonds is 6. The molecule has 0 atom stereocenters. The first kappa shape index (κ1) is 24.6. The van der Waals surface area contributed by atoms with E-state index in [4.69, 9.17) is 9.15 Å². The Hall–Kier alpha value is -4.04. The average Bonchev–Trinajstić information content (AvgIpc) is 2.84. The normalized spacial score (nSPS) is 10.8. The number of hydrogen-bond acceptors (Lipinski definition) is 7. The minimum atomic E-state index is -4.01. The molecule has 0 bridgehead atoms. The summed E-state index contributed by atoms with van der Waals surface area (Å²) in [5.74, 6) is -0.653. The summed E-state index contributed by atoms with van der Waals surface area (Å²) in [7, 11) is -0.696. The first-order valence-electron chi connectivity index (χ1n) is 10.3. The smallest absolute Gasteiger partial charge is 0.215 e. The summed E-state index contributed by atoms with van der Waals surface area (Å²) in [4.78, 5) is 12.5. The van der Waals surface area contributed by atoms with Gasteiger partial charge in [0.25, 0.3) is 0 Å². The zero-order valence-electron chi connectivity index (χ0n) is 18.8. The van der Waals surface area contributed by atoms with Crippen molar-refractivity contribution in [3.05, 3.63) is 95.7 Å². The molecule has 4 aromatic rings. The highest BCUT2D eigenvalue weighted by Crippen LogP contribution is 2.34. The molecule has 7 nitrogen and oxygen atoms in total. The van der Waals surface area contributed by atoms with Crippen molar-refractivity contribution in [2.45, 2.75) is 4.90 Å². The van der Waals surface area contributed by atoms with Crippen LogP contribution in [-0.4, -0.2) is 33.4 Å². The number of phenolic OH excluding ortho intramolecular Hbond substituents is 1. The lowest BCUT2D eigenvalue weighted by atomic mass is 10.1. The maximum absolute atomic E-state index is 13.0. The Morgan fingerprint density at radius 1 is 1.06 bits per heavy atom. The number of para-hydroxylation sites is 1. The first-order chi connectivity index (χ1) is 16.3. The fourth-order valence-electron chi connectivity index (χ4n) is 3.28. The highest BCUT2D eigenvalue weighted by molar-refractivity contribution is 7.91. The SMILES string of the molecule is C=CCS(=O)(=O)c1c(-c2ccccc2)oc2cc(OC)cc(O)c2c1=O.CNc1ccccc1. The molecule has 0 saturated carbocycles. The van der Waals surface area contributed by atoms with E-state index < -0.39 is 31.7 Å². The summed E-state index contributed by atoms with van der Waals surface area (Å²) in [5, 5.41) is 13.0. The van der Waals surface area contributed by atoms with Gasteiger partial charge >= 0.3 is 0 Å². The number of hydrogen-bond donors (Lipinski definition) is 2. The topological polar surface area (TPSA) is 106 Å². The molecule has 8 heteroatoms. The van der Waals surface area contributed by atoms with E-state index in [2.05, 4.69) is 11.9 Å². The molecule has 3 aromatic carbocycles. The van der Waals surface area contributed by atoms with Crippen LogP contribution in [0.4, 0.5) is 5.69 Å². The van der Waals surface area contributed by atoms with E-state index in [1.807, 2.05) is 37.4 Å². The van der Waals surface area contributed by atoms with Crippen molar-refractivity contribution in [3.63, 3.8) is 0 Å². The maximum Gasteiger partial charge on any atom is 0.215 e. The second-order valence-electron chi connectivity index (χ2n) is 7.16. The average molecular weight is 480 g/mol. The maximum atomic E-state index is 13.0. The minimum absolute atomic E-state index is 0.0308. The molecule has 2 N–H and O–H groups in total. The number of phenols is 1. The lowest BCUT2D eigenvalue weighted by Crippen LogP contribution is -2.19. The summed E-state index contributed by atoms with van der Waals surface area (Å²) >= 11 is 0. The van der Waals surface area contributed by atoms with Crippen LogP contribution in [0, 0.1) is 0 Å². The molecule has 4 rings (SSSR count). The Bertz CT molecular complexity index is 1450. The van der Waals surface area contributed by atoms with Crippen LogP contribution in [0.3, 0.4) is 0 Å². The van der Waals surface area contributed by atoms with Gasteiger partial charge < -0.3 is 19.6 Å². The summed E-state index contributed by atoms with van der Waals surface area (Å²) < 4.78 is 36.2. The van der Waals surface area contributed by atoms with Crippen molar-refractivity contribution in [1.29, 1.82) is 0 Å². The highest BCUT2D eigenvalue weighted by Gasteiger charge is 2.28. The van der Waals surface area contributed by atoms with Crippen LogP contribution in [0.1, 0.15) is 0 Å². The Morgan fingerprint density at radius 2 is 1.68 bits per heavy atom. The van der Waals surface area contributed by atoms with Gasteiger partial charge in [-0.2, -0.15) is 0 Å². The first-order valence-corrected chi connectivity index (χ1v) is 12.0. The molecular formula is C26H25NO6S. The minimum Gasteiger partial charge on any atom is -0.507 e. The van der Waals surface area contributed by atoms with Crippen LogP contribution >= 0.6 is 0 Å². The molecule has 1 heterocycles. The number of benzene rings is 3. The number of methoxy groups -OCH3 is 1. The van der Waals surface area contributed by atoms with Gasteiger partial charge in [0.15, 0.2) is 20.5 Å². The molecule has 0 amide bonds. The molecule has 34 heavy (non-hydrogen) atoms. The number of aromatic hydroxyl groups is 1. The van der Waals surface area contributed by atoms with Gasteiger partial charge in [0.1, 0.15) is 22.5 Å². The van der Waals surface area contributed by atoms with E-state index in [-0.39, 0.29) is 22.5 Å². The second-order valence-corrected chi connectivity index (χ2v) is 9.13. The Balaban J connectivity index is 0.000000343. The predicted octanol–water partition coefficient (Wildman–Crippen LogP) is 4.86. The van der Waals surface area contributed by atoms with Crippen LogP contribution in [-0.2, 0) is 9.84 Å². The molecule has 0 unspecified atom stereocenters. The van der Waals surface area contributed by atoms with E-state index >= 15 is 0 Å². The summed E-state index contributed by atoms with van der Waals surface area (Å²) in [6, 6.07) is 21.2. The van der Waals surface area contributed by atoms with Crippen molar-refractivity contribution in [3.8, 4) is 22.8 Å². The van der Waals surface area contributed by atoms with E-state index in [1.165, 1.54) is 25.3 Å². The largest absolute Gasteiger partial charge is 0.507 e. The van der Waals surface area contributed by atoms with Gasteiger partial charge in [-0.1, -0.05) is 54.6 Å². The Morgan fingerprint density at radius 3 is 2.21 bits per heavy atom. The fourth-order valence-corrected chi connectivity index (χ4v) is 4.58. The predicted molar refractivity (Wildman–Crippen MR) is 134 cm³/mol. The van der Waals surface area contributed by atoms with Gasteiger partial charge in [0.2, 0.25) is 5.43 Å². The van der Waals surface area contributed by atoms with E-state index in [9.17, 15) is 18.3 Å². The molecule has 1 aromatic heterocycles. The van der Waals surface area contributed by atoms with E-state index in [0.29, 0.717) is 5.56 Å². The molecule has 0 spiro atoms. The third kappa shape index (κ3) is 5.29. The Kier molecular flexibility index (Phi) is 7.75. The van der Waals surface area contributed by atoms with Crippen molar-refractivity contribution in [1.82, 2.24) is 0 Å². The van der Waals surface area contributed by atoms with Crippen LogP contribution in [0.5, 0.6) is 11.5 Å². The number of nitrogens with one attached hydrogen (secondary N) is 1. The van der Waals surface area contributed by atoms with Gasteiger partial charge in [0.05, 0.1) is 12.9 Å². The lowest BCUT2D eigenvalue weighted by Gasteiger charge is -2.11. The molecule has 0 fully saturated rings. The molecular weight excluding hydrogens is 454 g/mol. The molecule has 176 valence electrons. The van der Waals surface area contributed by atoms with Gasteiger partial charge in [-0.05, 0) is 12.1 Å². The highest BCUT2D eigenvalue weighted by atomic mass is 32.2. The third-order valence-electron chi connectivity index (χ3n) is 4.89. The van der Waals surface area contributed by atoms with Gasteiger partial charge in [-0.3, -0.25) is 4.79 Å². The molecule has 0 aliphatic heterocycles. The summed E-state index contributed by atoms with van der Waals surface area (Å²) in [6.07, 6.45) is 1.20. The van der Waals surface area contributed by atoms with Gasteiger partial charge in [0, 0.05) is 30.4 Å². The fraction of sp³-hybridized carbons (Fsp3) is 0.115. The third-order valence-corrected chi connectivity index (χ3v) is 6.56. The van der Waals surface area contributed by atoms with E-state index in [0.717, 1.165) is 5.69 Å². The van der Waals surface area contributed by atoms with Crippen molar-refractivity contribution in [2.24, 2.45) is 0 Å². The Labute approximate surface area is 197 Å². The van der Waals surface area contributed by atoms with Crippen LogP contribution < -0.4 is 15.5 Å². The number of fused-ring (bicyclic) bond motifs is 1. The monoisotopic (exact) mass is 479 g/mol. The zero-order valence-corrected chi connectivity index (χ0v) is 19.6. The zero-order chi connectivity index (χ0) is 24.7. The van der Waals surface area contributed by atoms with Crippen molar-refractivity contribution >= 4 is 26.5 Å². The van der Waals surface area contributed by atoms with E-state index in [1.54, 1.807) is 30.3 Å².